The lowest BCUT2D eigenvalue weighted by atomic mass is 10.1. The molecule has 12 nitrogen and oxygen atoms in total. The van der Waals surface area contributed by atoms with E-state index in [0.29, 0.717) is 12.8 Å². The first-order valence-corrected chi connectivity index (χ1v) is 9.39. The highest BCUT2D eigenvalue weighted by molar-refractivity contribution is 7.47. The van der Waals surface area contributed by atoms with Crippen molar-refractivity contribution in [3.8, 4) is 0 Å². The zero-order valence-electron chi connectivity index (χ0n) is 14.1. The Morgan fingerprint density at radius 2 is 2.27 bits per heavy atom. The van der Waals surface area contributed by atoms with Crippen LogP contribution in [0.2, 0.25) is 0 Å². The first-order valence-electron chi connectivity index (χ1n) is 7.90. The van der Waals surface area contributed by atoms with Crippen LogP contribution in [0.4, 0.5) is 5.95 Å². The van der Waals surface area contributed by atoms with Crippen molar-refractivity contribution in [2.45, 2.75) is 44.3 Å². The fourth-order valence-electron chi connectivity index (χ4n) is 2.92. The molecule has 3 rings (SSSR count). The SMILES string of the molecule is CCC[C@H]1O[C@@H](n2cnc3c(=O)[nH]c(N)nc32)[C@@H](O)C1OP(=O)(O)OC. The zero-order chi connectivity index (χ0) is 19.1. The van der Waals surface area contributed by atoms with Gasteiger partial charge in [0.05, 0.1) is 12.4 Å². The number of anilines is 1. The van der Waals surface area contributed by atoms with Crippen molar-refractivity contribution in [3.05, 3.63) is 16.7 Å². The van der Waals surface area contributed by atoms with Gasteiger partial charge in [-0.2, -0.15) is 4.98 Å². The molecule has 0 spiro atoms. The van der Waals surface area contributed by atoms with E-state index in [1.807, 2.05) is 6.92 Å². The van der Waals surface area contributed by atoms with Gasteiger partial charge in [-0.15, -0.1) is 0 Å². The van der Waals surface area contributed by atoms with Crippen molar-refractivity contribution < 1.29 is 28.3 Å². The minimum atomic E-state index is -4.34. The molecule has 0 aliphatic carbocycles. The summed E-state index contributed by atoms with van der Waals surface area (Å²) in [7, 11) is -3.32. The largest absolute Gasteiger partial charge is 0.472 e. The summed E-state index contributed by atoms with van der Waals surface area (Å²) in [5, 5.41) is 10.6. The molecular formula is C13H20N5O7P. The van der Waals surface area contributed by atoms with Gasteiger partial charge >= 0.3 is 7.82 Å². The fourth-order valence-corrected chi connectivity index (χ4v) is 3.58. The molecule has 1 aliphatic rings. The maximum absolute atomic E-state index is 11.9. The number of hydrogen-bond donors (Lipinski definition) is 4. The minimum Gasteiger partial charge on any atom is -0.386 e. The van der Waals surface area contributed by atoms with Crippen LogP contribution >= 0.6 is 7.82 Å². The van der Waals surface area contributed by atoms with Crippen molar-refractivity contribution in [1.29, 1.82) is 0 Å². The van der Waals surface area contributed by atoms with Crippen molar-refractivity contribution in [3.63, 3.8) is 0 Å². The third kappa shape index (κ3) is 3.39. The summed E-state index contributed by atoms with van der Waals surface area (Å²) in [5.74, 6) is -0.117. The lowest BCUT2D eigenvalue weighted by molar-refractivity contribution is -0.0370. The number of aliphatic hydroxyl groups is 1. The van der Waals surface area contributed by atoms with E-state index in [9.17, 15) is 19.4 Å². The Labute approximate surface area is 147 Å². The predicted molar refractivity (Wildman–Crippen MR) is 89.1 cm³/mol. The number of nitrogens with zero attached hydrogens (tertiary/aromatic N) is 3. The summed E-state index contributed by atoms with van der Waals surface area (Å²) in [4.78, 5) is 31.8. The Balaban J connectivity index is 1.98. The minimum absolute atomic E-state index is 0.0242. The van der Waals surface area contributed by atoms with E-state index in [1.165, 1.54) is 10.9 Å². The van der Waals surface area contributed by atoms with E-state index in [1.54, 1.807) is 0 Å². The van der Waals surface area contributed by atoms with Gasteiger partial charge in [-0.05, 0) is 6.42 Å². The number of nitrogens with one attached hydrogen (secondary N) is 1. The summed E-state index contributed by atoms with van der Waals surface area (Å²) >= 11 is 0. The summed E-state index contributed by atoms with van der Waals surface area (Å²) in [6.45, 7) is 1.89. The molecule has 0 radical (unpaired) electrons. The van der Waals surface area contributed by atoms with Gasteiger partial charge in [-0.3, -0.25) is 23.4 Å². The van der Waals surface area contributed by atoms with Crippen LogP contribution in [0.25, 0.3) is 11.2 Å². The molecule has 1 saturated heterocycles. The number of aliphatic hydroxyl groups excluding tert-OH is 1. The molecule has 5 atom stereocenters. The monoisotopic (exact) mass is 389 g/mol. The van der Waals surface area contributed by atoms with Crippen LogP contribution in [0.5, 0.6) is 0 Å². The lowest BCUT2D eigenvalue weighted by Crippen LogP contribution is -2.34. The van der Waals surface area contributed by atoms with Crippen molar-refractivity contribution >= 4 is 24.9 Å². The van der Waals surface area contributed by atoms with Crippen LogP contribution in [0.1, 0.15) is 26.0 Å². The number of fused-ring (bicyclic) bond motifs is 1. The number of nitrogen functional groups attached to an aromatic ring is 1. The van der Waals surface area contributed by atoms with Gasteiger partial charge in [0.1, 0.15) is 12.2 Å². The molecule has 144 valence electrons. The molecule has 2 aromatic heterocycles. The van der Waals surface area contributed by atoms with E-state index >= 15 is 0 Å². The van der Waals surface area contributed by atoms with Crippen molar-refractivity contribution in [2.24, 2.45) is 0 Å². The highest BCUT2D eigenvalue weighted by atomic mass is 31.2. The molecule has 3 heterocycles. The molecular weight excluding hydrogens is 369 g/mol. The number of aromatic amines is 1. The molecule has 2 unspecified atom stereocenters. The quantitative estimate of drug-likeness (QED) is 0.488. The number of imidazole rings is 1. The molecule has 0 bridgehead atoms. The van der Waals surface area contributed by atoms with Gasteiger partial charge < -0.3 is 20.5 Å². The van der Waals surface area contributed by atoms with E-state index < -0.39 is 37.9 Å². The number of nitrogens with two attached hydrogens (primary N) is 1. The van der Waals surface area contributed by atoms with Crippen LogP contribution in [0.15, 0.2) is 11.1 Å². The van der Waals surface area contributed by atoms with E-state index in [-0.39, 0.29) is 17.1 Å². The second kappa shape index (κ2) is 7.06. The first kappa shape index (κ1) is 19.0. The second-order valence-corrected chi connectivity index (χ2v) is 7.35. The molecule has 26 heavy (non-hydrogen) atoms. The summed E-state index contributed by atoms with van der Waals surface area (Å²) in [6.07, 6.45) is -1.73. The third-order valence-corrected chi connectivity index (χ3v) is 5.06. The third-order valence-electron chi connectivity index (χ3n) is 4.09. The van der Waals surface area contributed by atoms with Gasteiger partial charge in [-0.25, -0.2) is 9.55 Å². The topological polar surface area (TPSA) is 175 Å². The van der Waals surface area contributed by atoms with Crippen molar-refractivity contribution in [2.75, 3.05) is 12.8 Å². The van der Waals surface area contributed by atoms with Gasteiger partial charge in [0.25, 0.3) is 5.56 Å². The second-order valence-electron chi connectivity index (χ2n) is 5.84. The fraction of sp³-hybridized carbons (Fsp3) is 0.615. The Morgan fingerprint density at radius 3 is 2.92 bits per heavy atom. The normalized spacial score (nSPS) is 28.5. The van der Waals surface area contributed by atoms with Gasteiger partial charge in [-0.1, -0.05) is 13.3 Å². The van der Waals surface area contributed by atoms with Gasteiger partial charge in [0.2, 0.25) is 5.95 Å². The molecule has 1 fully saturated rings. The van der Waals surface area contributed by atoms with Crippen LogP contribution in [-0.4, -0.2) is 54.9 Å². The summed E-state index contributed by atoms with van der Waals surface area (Å²) in [6, 6.07) is 0. The molecule has 1 aliphatic heterocycles. The summed E-state index contributed by atoms with van der Waals surface area (Å²) < 4.78 is 28.4. The Kier molecular flexibility index (Phi) is 5.15. The van der Waals surface area contributed by atoms with Gasteiger partial charge in [0, 0.05) is 7.11 Å². The molecule has 5 N–H and O–H groups in total. The van der Waals surface area contributed by atoms with Crippen LogP contribution in [-0.2, 0) is 18.3 Å². The first-order chi connectivity index (χ1) is 12.3. The highest BCUT2D eigenvalue weighted by Gasteiger charge is 2.48. The number of ether oxygens (including phenoxy) is 1. The standard InChI is InChI=1S/C13H20N5O7P/c1-3-4-6-9(25-26(21,22)23-2)8(19)12(24-6)18-5-15-7-10(18)16-13(14)17-11(7)20/h5-6,8-9,12,19H,3-4H2,1-2H3,(H,21,22)(H3,14,16,17,20)/t6-,8+,9?,12-/m1/s1. The lowest BCUT2D eigenvalue weighted by Gasteiger charge is -2.22. The number of hydrogen-bond acceptors (Lipinski definition) is 9. The molecule has 2 aromatic rings. The number of H-pyrrole nitrogens is 1. The average molecular weight is 389 g/mol. The maximum Gasteiger partial charge on any atom is 0.472 e. The van der Waals surface area contributed by atoms with Crippen LogP contribution < -0.4 is 11.3 Å². The Morgan fingerprint density at radius 1 is 1.54 bits per heavy atom. The molecule has 0 saturated carbocycles. The number of aromatic nitrogens is 4. The van der Waals surface area contributed by atoms with E-state index in [4.69, 9.17) is 15.0 Å². The van der Waals surface area contributed by atoms with Crippen LogP contribution in [0.3, 0.4) is 0 Å². The van der Waals surface area contributed by atoms with Crippen LogP contribution in [0, 0.1) is 0 Å². The number of phosphoric ester groups is 1. The number of rotatable bonds is 6. The smallest absolute Gasteiger partial charge is 0.386 e. The van der Waals surface area contributed by atoms with Gasteiger partial charge in [0.15, 0.2) is 17.4 Å². The highest BCUT2D eigenvalue weighted by Crippen LogP contribution is 2.48. The summed E-state index contributed by atoms with van der Waals surface area (Å²) in [5.41, 5.74) is 5.18. The average Bonchev–Trinajstić information content (AvgIpc) is 3.11. The predicted octanol–water partition coefficient (Wildman–Crippen LogP) is -0.108. The molecule has 13 heteroatoms. The Bertz CT molecular complexity index is 899. The van der Waals surface area contributed by atoms with Crippen molar-refractivity contribution in [1.82, 2.24) is 19.5 Å². The maximum atomic E-state index is 11.9. The van der Waals surface area contributed by atoms with E-state index in [0.717, 1.165) is 7.11 Å². The molecule has 0 aromatic carbocycles. The Hall–Kier alpha value is -1.82. The van der Waals surface area contributed by atoms with E-state index in [2.05, 4.69) is 19.5 Å². The number of phosphoric acid groups is 1. The zero-order valence-corrected chi connectivity index (χ0v) is 15.0. The molecule has 0 amide bonds.